The molecule has 13 rings (SSSR count). The van der Waals surface area contributed by atoms with Crippen molar-refractivity contribution in [2.45, 2.75) is 183 Å². The number of fused-ring (bicyclic) bond motifs is 3. The zero-order valence-corrected chi connectivity index (χ0v) is 60.1. The lowest BCUT2D eigenvalue weighted by Crippen LogP contribution is -2.17. The van der Waals surface area contributed by atoms with Gasteiger partial charge in [-0.05, 0) is 216 Å². The van der Waals surface area contributed by atoms with E-state index in [2.05, 4.69) is 367 Å². The van der Waals surface area contributed by atoms with E-state index in [0.29, 0.717) is 0 Å². The predicted octanol–water partition coefficient (Wildman–Crippen LogP) is 26.9. The number of anilines is 3. The van der Waals surface area contributed by atoms with Gasteiger partial charge in [0.25, 0.3) is 0 Å². The molecule has 476 valence electrons. The minimum absolute atomic E-state index is 0.00248. The van der Waals surface area contributed by atoms with Crippen LogP contribution in [-0.2, 0) is 37.9 Å². The minimum atomic E-state index is -0.199. The highest BCUT2D eigenvalue weighted by Crippen LogP contribution is 2.50. The monoisotopic (exact) mass is 1230 g/mol. The smallest absolute Gasteiger partial charge is 0.0541 e. The molecule has 0 aliphatic carbocycles. The number of hydrogen-bond acceptors (Lipinski definition) is 1. The molecule has 0 N–H and O–H groups in total. The van der Waals surface area contributed by atoms with Crippen molar-refractivity contribution in [1.29, 1.82) is 0 Å². The molecule has 2 heteroatoms. The van der Waals surface area contributed by atoms with Gasteiger partial charge in [0.05, 0.1) is 22.4 Å². The topological polar surface area (TPSA) is 8.17 Å². The lowest BCUT2D eigenvalue weighted by molar-refractivity contribution is 0.569. The number of hydrogen-bond donors (Lipinski definition) is 0. The Hall–Kier alpha value is -8.72. The number of aromatic nitrogens is 1. The van der Waals surface area contributed by atoms with Crippen LogP contribution in [0.3, 0.4) is 0 Å². The maximum absolute atomic E-state index is 2.62. The van der Waals surface area contributed by atoms with E-state index >= 15 is 0 Å². The molecule has 0 radical (unpaired) electrons. The first-order chi connectivity index (χ1) is 44.0. The third-order valence-electron chi connectivity index (χ3n) is 20.2. The molecule has 13 aromatic rings. The standard InChI is InChI=1S/C92H98N2/c1-86(2,3)65-34-39-74(57-26-23-22-24-27-57)77(54-65)64-48-71(92(19,20)21)53-73(50-64)93(72-49-63(47-70(52-72)91(16,17)18)61-29-25-28-60(44-61)62-45-68(89(10,11)12)51-69(46-62)90(13,14)15)80-40-32-58-31-38-76-81(41-33-59-30-37-75(80)84(58)85(59)76)94-82-42-35-66(87(4,5)6)55-78(82)79-56-67(88(7,8)9)36-43-83(79)94/h22-56H,1-21H3. The Morgan fingerprint density at radius 1 is 0.245 bits per heavy atom. The van der Waals surface area contributed by atoms with E-state index < -0.39 is 0 Å². The molecule has 1 aromatic heterocycles. The molecular formula is C92H98N2. The molecule has 0 aliphatic heterocycles. The van der Waals surface area contributed by atoms with Crippen molar-refractivity contribution in [3.63, 3.8) is 0 Å². The van der Waals surface area contributed by atoms with Crippen LogP contribution in [0.5, 0.6) is 0 Å². The molecule has 0 atom stereocenters. The second kappa shape index (κ2) is 22.5. The third kappa shape index (κ3) is 11.8. The van der Waals surface area contributed by atoms with Crippen molar-refractivity contribution in [3.05, 3.63) is 251 Å². The molecule has 0 fully saturated rings. The number of nitrogens with zero attached hydrogens (tertiary/aromatic N) is 2. The number of benzene rings is 12. The summed E-state index contributed by atoms with van der Waals surface area (Å²) in [5.41, 5.74) is 25.5. The van der Waals surface area contributed by atoms with Gasteiger partial charge in [0.15, 0.2) is 0 Å². The lowest BCUT2D eigenvalue weighted by atomic mass is 9.78. The van der Waals surface area contributed by atoms with Crippen molar-refractivity contribution < 1.29 is 0 Å². The molecule has 0 bridgehead atoms. The van der Waals surface area contributed by atoms with Crippen molar-refractivity contribution >= 4 is 71.2 Å². The SMILES string of the molecule is CC(C)(C)c1cc(-c2cccc(-c3cc(C(C)(C)C)cc(C(C)(C)C)c3)c2)cc(N(c2cc(-c3cc(C(C)(C)C)ccc3-c3ccccc3)cc(C(C)(C)C)c2)c2ccc3ccc4c(-n5c6ccc(C(C)(C)C)cc6c6cc(C(C)(C)C)ccc65)ccc5ccc2c3c54)c1. The quantitative estimate of drug-likeness (QED) is 0.138. The summed E-state index contributed by atoms with van der Waals surface area (Å²) in [5.74, 6) is 0. The average Bonchev–Trinajstić information content (AvgIpc) is 1.37. The van der Waals surface area contributed by atoms with E-state index in [-0.39, 0.29) is 37.9 Å². The Morgan fingerprint density at radius 3 is 1.16 bits per heavy atom. The average molecular weight is 1230 g/mol. The third-order valence-corrected chi connectivity index (χ3v) is 20.2. The van der Waals surface area contributed by atoms with Crippen molar-refractivity contribution in [2.24, 2.45) is 0 Å². The molecule has 0 spiro atoms. The van der Waals surface area contributed by atoms with Gasteiger partial charge in [-0.15, -0.1) is 0 Å². The molecule has 12 aromatic carbocycles. The first kappa shape index (κ1) is 64.0. The summed E-state index contributed by atoms with van der Waals surface area (Å²) in [6, 6.07) is 83.2. The van der Waals surface area contributed by atoms with Gasteiger partial charge in [-0.1, -0.05) is 285 Å². The Balaban J connectivity index is 1.11. The van der Waals surface area contributed by atoms with Gasteiger partial charge < -0.3 is 9.47 Å². The van der Waals surface area contributed by atoms with Gasteiger partial charge in [-0.3, -0.25) is 0 Å². The van der Waals surface area contributed by atoms with Gasteiger partial charge >= 0.3 is 0 Å². The fourth-order valence-corrected chi connectivity index (χ4v) is 14.1. The van der Waals surface area contributed by atoms with E-state index in [4.69, 9.17) is 0 Å². The Labute approximate surface area is 562 Å². The van der Waals surface area contributed by atoms with E-state index in [1.54, 1.807) is 0 Å². The van der Waals surface area contributed by atoms with Gasteiger partial charge in [0, 0.05) is 32.9 Å². The van der Waals surface area contributed by atoms with Crippen LogP contribution in [0, 0.1) is 0 Å². The molecule has 0 aliphatic rings. The summed E-state index contributed by atoms with van der Waals surface area (Å²) in [5, 5.41) is 10.0. The Bertz CT molecular complexity index is 4980. The highest BCUT2D eigenvalue weighted by atomic mass is 15.1. The lowest BCUT2D eigenvalue weighted by Gasteiger charge is -2.32. The fourth-order valence-electron chi connectivity index (χ4n) is 14.1. The summed E-state index contributed by atoms with van der Waals surface area (Å²) >= 11 is 0. The van der Waals surface area contributed by atoms with E-state index in [1.807, 2.05) is 0 Å². The summed E-state index contributed by atoms with van der Waals surface area (Å²) < 4.78 is 2.56. The van der Waals surface area contributed by atoms with Gasteiger partial charge in [0.1, 0.15) is 0 Å². The summed E-state index contributed by atoms with van der Waals surface area (Å²) in [7, 11) is 0. The minimum Gasteiger partial charge on any atom is -0.310 e. The van der Waals surface area contributed by atoms with Crippen molar-refractivity contribution in [1.82, 2.24) is 4.57 Å². The zero-order chi connectivity index (χ0) is 67.1. The summed E-state index contributed by atoms with van der Waals surface area (Å²) in [6.07, 6.45) is 0. The highest BCUT2D eigenvalue weighted by molar-refractivity contribution is 6.27. The first-order valence-corrected chi connectivity index (χ1v) is 34.4. The summed E-state index contributed by atoms with van der Waals surface area (Å²) in [6.45, 7) is 49.2. The van der Waals surface area contributed by atoms with Crippen LogP contribution in [-0.4, -0.2) is 4.57 Å². The normalized spacial score (nSPS) is 13.2. The van der Waals surface area contributed by atoms with Gasteiger partial charge in [-0.2, -0.15) is 0 Å². The highest BCUT2D eigenvalue weighted by Gasteiger charge is 2.29. The second-order valence-corrected chi connectivity index (χ2v) is 34.5. The van der Waals surface area contributed by atoms with Crippen LogP contribution in [0.4, 0.5) is 17.1 Å². The molecule has 0 unspecified atom stereocenters. The van der Waals surface area contributed by atoms with Crippen LogP contribution in [0.15, 0.2) is 212 Å². The Morgan fingerprint density at radius 2 is 0.649 bits per heavy atom. The van der Waals surface area contributed by atoms with Gasteiger partial charge in [-0.25, -0.2) is 0 Å². The zero-order valence-electron chi connectivity index (χ0n) is 60.1. The maximum Gasteiger partial charge on any atom is 0.0541 e. The predicted molar refractivity (Wildman–Crippen MR) is 412 cm³/mol. The Kier molecular flexibility index (Phi) is 15.3. The van der Waals surface area contributed by atoms with Crippen molar-refractivity contribution in [3.8, 4) is 50.2 Å². The van der Waals surface area contributed by atoms with Crippen LogP contribution >= 0.6 is 0 Å². The number of rotatable bonds is 8. The largest absolute Gasteiger partial charge is 0.310 e. The van der Waals surface area contributed by atoms with Gasteiger partial charge in [0.2, 0.25) is 0 Å². The molecule has 0 saturated carbocycles. The second-order valence-electron chi connectivity index (χ2n) is 34.5. The molecular weight excluding hydrogens is 1130 g/mol. The fraction of sp³-hybridized carbons (Fsp3) is 0.304. The first-order valence-electron chi connectivity index (χ1n) is 34.4. The van der Waals surface area contributed by atoms with Crippen LogP contribution < -0.4 is 4.90 Å². The van der Waals surface area contributed by atoms with Crippen LogP contribution in [0.1, 0.15) is 184 Å². The summed E-state index contributed by atoms with van der Waals surface area (Å²) in [4.78, 5) is 2.62. The molecule has 0 saturated heterocycles. The van der Waals surface area contributed by atoms with E-state index in [9.17, 15) is 0 Å². The molecule has 2 nitrogen and oxygen atoms in total. The van der Waals surface area contributed by atoms with Crippen molar-refractivity contribution in [2.75, 3.05) is 4.90 Å². The van der Waals surface area contributed by atoms with E-state index in [0.717, 1.165) is 17.1 Å². The van der Waals surface area contributed by atoms with E-state index in [1.165, 1.54) is 143 Å². The van der Waals surface area contributed by atoms with Crippen LogP contribution in [0.2, 0.25) is 0 Å². The molecule has 1 heterocycles. The molecule has 94 heavy (non-hydrogen) atoms. The molecule has 0 amide bonds. The maximum atomic E-state index is 2.62. The van der Waals surface area contributed by atoms with Crippen LogP contribution in [0.25, 0.3) is 104 Å².